The van der Waals surface area contributed by atoms with Crippen LogP contribution in [0.2, 0.25) is 5.02 Å². The highest BCUT2D eigenvalue weighted by Gasteiger charge is 2.16. The van der Waals surface area contributed by atoms with Crippen molar-refractivity contribution in [3.63, 3.8) is 0 Å². The van der Waals surface area contributed by atoms with Gasteiger partial charge in [-0.25, -0.2) is 9.78 Å². The molecule has 2 aromatic rings. The minimum atomic E-state index is -1.05. The molecular weight excluding hydrogens is 316 g/mol. The molecule has 0 bridgehead atoms. The molecule has 108 valence electrons. The SMILES string of the molecule is O=C(O)c1ccc(SCc2c(Cl)cccc2[N+](=O)[O-])nc1. The van der Waals surface area contributed by atoms with Crippen LogP contribution in [0.25, 0.3) is 0 Å². The molecular formula is C13H9ClN2O4S. The van der Waals surface area contributed by atoms with Crippen molar-refractivity contribution in [2.75, 3.05) is 0 Å². The molecule has 2 rings (SSSR count). The number of carboxylic acid groups (broad SMARTS) is 1. The summed E-state index contributed by atoms with van der Waals surface area (Å²) in [5.74, 6) is -0.782. The molecule has 1 heterocycles. The molecule has 0 radical (unpaired) electrons. The first-order chi connectivity index (χ1) is 9.99. The van der Waals surface area contributed by atoms with Gasteiger partial charge in [0.15, 0.2) is 0 Å². The van der Waals surface area contributed by atoms with Gasteiger partial charge in [-0.2, -0.15) is 0 Å². The Morgan fingerprint density at radius 2 is 2.14 bits per heavy atom. The number of benzene rings is 1. The van der Waals surface area contributed by atoms with Crippen LogP contribution in [0.15, 0.2) is 41.6 Å². The molecule has 0 atom stereocenters. The average Bonchev–Trinajstić information content (AvgIpc) is 2.46. The van der Waals surface area contributed by atoms with Crippen LogP contribution in [-0.2, 0) is 5.75 Å². The van der Waals surface area contributed by atoms with Crippen molar-refractivity contribution in [3.05, 3.63) is 62.8 Å². The Labute approximate surface area is 128 Å². The lowest BCUT2D eigenvalue weighted by Gasteiger charge is -2.05. The van der Waals surface area contributed by atoms with E-state index < -0.39 is 10.9 Å². The second kappa shape index (κ2) is 6.55. The normalized spacial score (nSPS) is 10.3. The number of hydrogen-bond donors (Lipinski definition) is 1. The van der Waals surface area contributed by atoms with Gasteiger partial charge >= 0.3 is 5.97 Å². The third kappa shape index (κ3) is 3.71. The van der Waals surface area contributed by atoms with Crippen LogP contribution in [-0.4, -0.2) is 21.0 Å². The molecule has 0 aliphatic heterocycles. The van der Waals surface area contributed by atoms with Gasteiger partial charge in [-0.1, -0.05) is 17.7 Å². The number of halogens is 1. The van der Waals surface area contributed by atoms with E-state index in [1.807, 2.05) is 0 Å². The van der Waals surface area contributed by atoms with Crippen LogP contribution in [0, 0.1) is 10.1 Å². The van der Waals surface area contributed by atoms with E-state index in [0.29, 0.717) is 15.6 Å². The van der Waals surface area contributed by atoms with Gasteiger partial charge in [0.25, 0.3) is 5.69 Å². The number of rotatable bonds is 5. The van der Waals surface area contributed by atoms with Gasteiger partial charge in [-0.3, -0.25) is 10.1 Å². The van der Waals surface area contributed by atoms with Crippen molar-refractivity contribution in [3.8, 4) is 0 Å². The Morgan fingerprint density at radius 3 is 2.71 bits per heavy atom. The van der Waals surface area contributed by atoms with Gasteiger partial charge in [0, 0.05) is 18.0 Å². The van der Waals surface area contributed by atoms with Crippen molar-refractivity contribution in [1.82, 2.24) is 4.98 Å². The van der Waals surface area contributed by atoms with Crippen LogP contribution in [0.4, 0.5) is 5.69 Å². The fourth-order valence-corrected chi connectivity index (χ4v) is 2.80. The number of carbonyl (C=O) groups is 1. The zero-order valence-electron chi connectivity index (χ0n) is 10.5. The van der Waals surface area contributed by atoms with E-state index in [-0.39, 0.29) is 17.0 Å². The van der Waals surface area contributed by atoms with E-state index >= 15 is 0 Å². The summed E-state index contributed by atoms with van der Waals surface area (Å²) in [5, 5.41) is 20.6. The number of pyridine rings is 1. The molecule has 1 N–H and O–H groups in total. The number of nitro benzene ring substituents is 1. The van der Waals surface area contributed by atoms with E-state index in [1.54, 1.807) is 12.1 Å². The first-order valence-corrected chi connectivity index (χ1v) is 7.09. The number of aromatic carboxylic acids is 1. The highest BCUT2D eigenvalue weighted by Crippen LogP contribution is 2.32. The van der Waals surface area contributed by atoms with Gasteiger partial charge in [0.1, 0.15) is 0 Å². The summed E-state index contributed by atoms with van der Waals surface area (Å²) in [6, 6.07) is 7.48. The zero-order valence-corrected chi connectivity index (χ0v) is 12.1. The van der Waals surface area contributed by atoms with Crippen LogP contribution in [0.5, 0.6) is 0 Å². The second-order valence-corrected chi connectivity index (χ2v) is 5.38. The van der Waals surface area contributed by atoms with Crippen LogP contribution in [0.3, 0.4) is 0 Å². The predicted molar refractivity (Wildman–Crippen MR) is 78.9 cm³/mol. The number of thioether (sulfide) groups is 1. The Kier molecular flexibility index (Phi) is 4.77. The Balaban J connectivity index is 2.16. The summed E-state index contributed by atoms with van der Waals surface area (Å²) >= 11 is 7.24. The molecule has 0 unspecified atom stereocenters. The molecule has 0 saturated heterocycles. The molecule has 0 amide bonds. The largest absolute Gasteiger partial charge is 0.478 e. The number of hydrogen-bond acceptors (Lipinski definition) is 5. The minimum Gasteiger partial charge on any atom is -0.478 e. The van der Waals surface area contributed by atoms with E-state index in [0.717, 1.165) is 0 Å². The second-order valence-electron chi connectivity index (χ2n) is 3.97. The molecule has 8 heteroatoms. The van der Waals surface area contributed by atoms with Gasteiger partial charge in [-0.15, -0.1) is 11.8 Å². The van der Waals surface area contributed by atoms with Gasteiger partial charge in [0.05, 0.1) is 26.1 Å². The van der Waals surface area contributed by atoms with Gasteiger partial charge < -0.3 is 5.11 Å². The lowest BCUT2D eigenvalue weighted by molar-refractivity contribution is -0.385. The fraction of sp³-hybridized carbons (Fsp3) is 0.0769. The molecule has 6 nitrogen and oxygen atoms in total. The van der Waals surface area contributed by atoms with Crippen LogP contribution in [0.1, 0.15) is 15.9 Å². The summed E-state index contributed by atoms with van der Waals surface area (Å²) < 4.78 is 0. The average molecular weight is 325 g/mol. The highest BCUT2D eigenvalue weighted by atomic mass is 35.5. The fourth-order valence-electron chi connectivity index (χ4n) is 1.60. The van der Waals surface area contributed by atoms with E-state index in [2.05, 4.69) is 4.98 Å². The minimum absolute atomic E-state index is 0.0443. The van der Waals surface area contributed by atoms with E-state index in [1.165, 1.54) is 36.2 Å². The predicted octanol–water partition coefficient (Wildman–Crippen LogP) is 3.63. The molecule has 21 heavy (non-hydrogen) atoms. The molecule has 0 saturated carbocycles. The van der Waals surface area contributed by atoms with Crippen molar-refractivity contribution in [1.29, 1.82) is 0 Å². The third-order valence-electron chi connectivity index (χ3n) is 2.64. The quantitative estimate of drug-likeness (QED) is 0.512. The summed E-state index contributed by atoms with van der Waals surface area (Å²) in [6.07, 6.45) is 1.24. The van der Waals surface area contributed by atoms with Crippen LogP contribution < -0.4 is 0 Å². The zero-order chi connectivity index (χ0) is 15.4. The maximum Gasteiger partial charge on any atom is 0.337 e. The summed E-state index contributed by atoms with van der Waals surface area (Å²) in [6.45, 7) is 0. The molecule has 0 fully saturated rings. The van der Waals surface area contributed by atoms with E-state index in [9.17, 15) is 14.9 Å². The Bertz CT molecular complexity index is 691. The third-order valence-corrected chi connectivity index (χ3v) is 3.96. The lowest BCUT2D eigenvalue weighted by Crippen LogP contribution is -1.97. The number of carboxylic acids is 1. The standard InChI is InChI=1S/C13H9ClN2O4S/c14-10-2-1-3-11(16(19)20)9(10)7-21-12-5-4-8(6-15-12)13(17)18/h1-6H,7H2,(H,17,18). The van der Waals surface area contributed by atoms with Gasteiger partial charge in [-0.05, 0) is 18.2 Å². The first kappa shape index (κ1) is 15.3. The van der Waals surface area contributed by atoms with Gasteiger partial charge in [0.2, 0.25) is 0 Å². The smallest absolute Gasteiger partial charge is 0.337 e. The maximum atomic E-state index is 11.0. The maximum absolute atomic E-state index is 11.0. The molecule has 1 aromatic heterocycles. The number of nitro groups is 1. The lowest BCUT2D eigenvalue weighted by atomic mass is 10.2. The summed E-state index contributed by atoms with van der Waals surface area (Å²) in [4.78, 5) is 25.2. The molecule has 0 spiro atoms. The van der Waals surface area contributed by atoms with Crippen molar-refractivity contribution >= 4 is 35.0 Å². The molecule has 0 aliphatic carbocycles. The number of nitrogens with zero attached hydrogens (tertiary/aromatic N) is 2. The first-order valence-electron chi connectivity index (χ1n) is 5.73. The number of aromatic nitrogens is 1. The van der Waals surface area contributed by atoms with Crippen LogP contribution >= 0.6 is 23.4 Å². The molecule has 1 aromatic carbocycles. The Morgan fingerprint density at radius 1 is 1.38 bits per heavy atom. The van der Waals surface area contributed by atoms with Crippen molar-refractivity contribution < 1.29 is 14.8 Å². The topological polar surface area (TPSA) is 93.3 Å². The summed E-state index contributed by atoms with van der Waals surface area (Å²) in [5.41, 5.74) is 0.457. The molecule has 0 aliphatic rings. The Hall–Kier alpha value is -2.12. The monoisotopic (exact) mass is 324 g/mol. The van der Waals surface area contributed by atoms with Crippen molar-refractivity contribution in [2.45, 2.75) is 10.8 Å². The van der Waals surface area contributed by atoms with E-state index in [4.69, 9.17) is 16.7 Å². The van der Waals surface area contributed by atoms with Crippen molar-refractivity contribution in [2.24, 2.45) is 0 Å². The summed E-state index contributed by atoms with van der Waals surface area (Å²) in [7, 11) is 0. The highest BCUT2D eigenvalue weighted by molar-refractivity contribution is 7.98.